The Hall–Kier alpha value is -2.19. The van der Waals surface area contributed by atoms with Crippen LogP contribution in [0.15, 0.2) is 43.0 Å². The van der Waals surface area contributed by atoms with Crippen molar-refractivity contribution in [3.05, 3.63) is 48.5 Å². The van der Waals surface area contributed by atoms with Gasteiger partial charge in [0.25, 0.3) is 0 Å². The van der Waals surface area contributed by atoms with Gasteiger partial charge in [0.15, 0.2) is 9.84 Å². The molecule has 28 heavy (non-hydrogen) atoms. The van der Waals surface area contributed by atoms with Crippen LogP contribution in [0.5, 0.6) is 0 Å². The maximum Gasteiger partial charge on any atom is 0.223 e. The van der Waals surface area contributed by atoms with Crippen molar-refractivity contribution >= 4 is 15.7 Å². The number of hydrogen-bond donors (Lipinski definition) is 1. The monoisotopic (exact) mass is 402 g/mol. The molecule has 2 saturated heterocycles. The summed E-state index contributed by atoms with van der Waals surface area (Å²) in [7, 11) is -2.86. The SMILES string of the molecule is O=C(NCc1ccccc1-n1ccnc1)C1CCN(C2CCS(=O)(=O)C2)CC1. The van der Waals surface area contributed by atoms with Crippen LogP contribution in [0.3, 0.4) is 0 Å². The predicted molar refractivity (Wildman–Crippen MR) is 107 cm³/mol. The average molecular weight is 403 g/mol. The average Bonchev–Trinajstić information content (AvgIpc) is 3.36. The Balaban J connectivity index is 1.30. The molecule has 2 fully saturated rings. The van der Waals surface area contributed by atoms with Crippen molar-refractivity contribution in [2.24, 2.45) is 5.92 Å². The number of carbonyl (C=O) groups excluding carboxylic acids is 1. The maximum absolute atomic E-state index is 12.7. The smallest absolute Gasteiger partial charge is 0.223 e. The summed E-state index contributed by atoms with van der Waals surface area (Å²) in [6.07, 6.45) is 7.67. The lowest BCUT2D eigenvalue weighted by Gasteiger charge is -2.34. The van der Waals surface area contributed by atoms with Gasteiger partial charge in [0, 0.05) is 30.9 Å². The Morgan fingerprint density at radius 3 is 2.64 bits per heavy atom. The number of piperidine rings is 1. The van der Waals surface area contributed by atoms with E-state index in [2.05, 4.69) is 15.2 Å². The molecule has 1 unspecified atom stereocenters. The first-order chi connectivity index (χ1) is 13.5. The Morgan fingerprint density at radius 1 is 1.18 bits per heavy atom. The first-order valence-electron chi connectivity index (χ1n) is 9.80. The third-order valence-corrected chi connectivity index (χ3v) is 7.60. The lowest BCUT2D eigenvalue weighted by atomic mass is 9.94. The Bertz CT molecular complexity index is 919. The van der Waals surface area contributed by atoms with Gasteiger partial charge in [-0.2, -0.15) is 0 Å². The van der Waals surface area contributed by atoms with Gasteiger partial charge in [0.1, 0.15) is 0 Å². The van der Waals surface area contributed by atoms with Gasteiger partial charge in [-0.05, 0) is 44.0 Å². The summed E-state index contributed by atoms with van der Waals surface area (Å²) in [6, 6.07) is 8.10. The van der Waals surface area contributed by atoms with Gasteiger partial charge in [0.2, 0.25) is 5.91 Å². The van der Waals surface area contributed by atoms with Crippen molar-refractivity contribution in [3.8, 4) is 5.69 Å². The number of rotatable bonds is 5. The number of hydrogen-bond acceptors (Lipinski definition) is 5. The zero-order chi connectivity index (χ0) is 19.6. The minimum absolute atomic E-state index is 0.00494. The second-order valence-electron chi connectivity index (χ2n) is 7.68. The molecule has 3 heterocycles. The maximum atomic E-state index is 12.7. The topological polar surface area (TPSA) is 84.3 Å². The third kappa shape index (κ3) is 4.28. The van der Waals surface area contributed by atoms with Crippen molar-refractivity contribution in [2.75, 3.05) is 24.6 Å². The lowest BCUT2D eigenvalue weighted by molar-refractivity contribution is -0.126. The molecule has 1 atom stereocenters. The van der Waals surface area contributed by atoms with Crippen LogP contribution < -0.4 is 5.32 Å². The first-order valence-corrected chi connectivity index (χ1v) is 11.6. The summed E-state index contributed by atoms with van der Waals surface area (Å²) in [4.78, 5) is 19.0. The summed E-state index contributed by atoms with van der Waals surface area (Å²) >= 11 is 0. The molecule has 0 spiro atoms. The molecule has 1 aromatic carbocycles. The van der Waals surface area contributed by atoms with Crippen molar-refractivity contribution < 1.29 is 13.2 Å². The van der Waals surface area contributed by atoms with Crippen molar-refractivity contribution in [1.29, 1.82) is 0 Å². The number of para-hydroxylation sites is 1. The van der Waals surface area contributed by atoms with Gasteiger partial charge in [-0.25, -0.2) is 13.4 Å². The van der Waals surface area contributed by atoms with Gasteiger partial charge in [0.05, 0.1) is 23.5 Å². The van der Waals surface area contributed by atoms with E-state index in [9.17, 15) is 13.2 Å². The molecule has 1 N–H and O–H groups in total. The molecule has 8 heteroatoms. The van der Waals surface area contributed by atoms with Gasteiger partial charge >= 0.3 is 0 Å². The fourth-order valence-corrected chi connectivity index (χ4v) is 5.99. The van der Waals surface area contributed by atoms with Crippen molar-refractivity contribution in [1.82, 2.24) is 19.8 Å². The van der Waals surface area contributed by atoms with Crippen LogP contribution in [0.1, 0.15) is 24.8 Å². The van der Waals surface area contributed by atoms with Crippen molar-refractivity contribution in [3.63, 3.8) is 0 Å². The summed E-state index contributed by atoms with van der Waals surface area (Å²) < 4.78 is 25.3. The van der Waals surface area contributed by atoms with E-state index < -0.39 is 9.84 Å². The Kier molecular flexibility index (Phi) is 5.50. The van der Waals surface area contributed by atoms with E-state index >= 15 is 0 Å². The summed E-state index contributed by atoms with van der Waals surface area (Å²) in [6.45, 7) is 2.07. The van der Waals surface area contributed by atoms with Crippen LogP contribution in [0.2, 0.25) is 0 Å². The Morgan fingerprint density at radius 2 is 1.96 bits per heavy atom. The first kappa shape index (κ1) is 19.1. The lowest BCUT2D eigenvalue weighted by Crippen LogP contribution is -2.45. The fourth-order valence-electron chi connectivity index (χ4n) is 4.23. The fraction of sp³-hybridized carbons (Fsp3) is 0.500. The largest absolute Gasteiger partial charge is 0.352 e. The van der Waals surface area contributed by atoms with E-state index in [0.29, 0.717) is 12.3 Å². The number of likely N-dealkylation sites (tertiary alicyclic amines) is 1. The molecular weight excluding hydrogens is 376 g/mol. The van der Waals surface area contributed by atoms with Crippen LogP contribution in [-0.2, 0) is 21.2 Å². The minimum atomic E-state index is -2.86. The van der Waals surface area contributed by atoms with E-state index in [0.717, 1.165) is 43.6 Å². The molecule has 1 aromatic heterocycles. The Labute approximate surface area is 165 Å². The number of carbonyl (C=O) groups is 1. The second kappa shape index (κ2) is 8.05. The van der Waals surface area contributed by atoms with Crippen molar-refractivity contribution in [2.45, 2.75) is 31.8 Å². The molecular formula is C20H26N4O3S. The van der Waals surface area contributed by atoms with Crippen LogP contribution in [-0.4, -0.2) is 59.4 Å². The molecule has 7 nitrogen and oxygen atoms in total. The highest BCUT2D eigenvalue weighted by molar-refractivity contribution is 7.91. The normalized spacial score (nSPS) is 22.9. The van der Waals surface area contributed by atoms with Gasteiger partial charge in [-0.3, -0.25) is 9.69 Å². The molecule has 0 saturated carbocycles. The number of aromatic nitrogens is 2. The van der Waals surface area contributed by atoms with Crippen LogP contribution in [0.4, 0.5) is 0 Å². The highest BCUT2D eigenvalue weighted by Gasteiger charge is 2.35. The molecule has 4 rings (SSSR count). The molecule has 150 valence electrons. The summed E-state index contributed by atoms with van der Waals surface area (Å²) in [5, 5.41) is 3.08. The van der Waals surface area contributed by atoms with E-state index in [1.807, 2.05) is 35.0 Å². The highest BCUT2D eigenvalue weighted by Crippen LogP contribution is 2.25. The number of nitrogens with one attached hydrogen (secondary N) is 1. The van der Waals surface area contributed by atoms with Crippen LogP contribution in [0, 0.1) is 5.92 Å². The number of sulfone groups is 1. The molecule has 0 aliphatic carbocycles. The quantitative estimate of drug-likeness (QED) is 0.817. The van der Waals surface area contributed by atoms with Gasteiger partial charge in [-0.15, -0.1) is 0 Å². The zero-order valence-corrected chi connectivity index (χ0v) is 16.6. The molecule has 1 amide bonds. The molecule has 2 aliphatic heterocycles. The molecule has 2 aliphatic rings. The van der Waals surface area contributed by atoms with Gasteiger partial charge in [-0.1, -0.05) is 18.2 Å². The van der Waals surface area contributed by atoms with Gasteiger partial charge < -0.3 is 9.88 Å². The summed E-state index contributed by atoms with van der Waals surface area (Å²) in [5.41, 5.74) is 2.06. The van der Waals surface area contributed by atoms with Crippen LogP contribution in [0.25, 0.3) is 5.69 Å². The second-order valence-corrected chi connectivity index (χ2v) is 9.91. The zero-order valence-electron chi connectivity index (χ0n) is 15.8. The predicted octanol–water partition coefficient (Wildman–Crippen LogP) is 1.39. The molecule has 2 aromatic rings. The van der Waals surface area contributed by atoms with E-state index in [4.69, 9.17) is 0 Å². The van der Waals surface area contributed by atoms with E-state index in [1.54, 1.807) is 12.5 Å². The standard InChI is InChI=1S/C20H26N4O3S/c25-20(16-5-9-23(10-6-16)18-7-12-28(26,27)14-18)22-13-17-3-1-2-4-19(17)24-11-8-21-15-24/h1-4,8,11,15-16,18H,5-7,9-10,12-14H2,(H,22,25). The number of nitrogens with zero attached hydrogens (tertiary/aromatic N) is 3. The minimum Gasteiger partial charge on any atom is -0.352 e. The number of imidazole rings is 1. The van der Waals surface area contributed by atoms with E-state index in [1.165, 1.54) is 0 Å². The molecule has 0 radical (unpaired) electrons. The highest BCUT2D eigenvalue weighted by atomic mass is 32.2. The number of benzene rings is 1. The van der Waals surface area contributed by atoms with Crippen LogP contribution >= 0.6 is 0 Å². The third-order valence-electron chi connectivity index (χ3n) is 5.85. The van der Waals surface area contributed by atoms with E-state index in [-0.39, 0.29) is 23.6 Å². The molecule has 0 bridgehead atoms. The number of amides is 1. The summed E-state index contributed by atoms with van der Waals surface area (Å²) in [5.74, 6) is 0.650.